The van der Waals surface area contributed by atoms with Crippen LogP contribution in [0.4, 0.5) is 5.69 Å². The van der Waals surface area contributed by atoms with Crippen molar-refractivity contribution in [2.45, 2.75) is 39.0 Å². The second-order valence-electron chi connectivity index (χ2n) is 7.20. The minimum Gasteiger partial charge on any atom is -0.456 e. The van der Waals surface area contributed by atoms with Gasteiger partial charge in [0.25, 0.3) is 5.91 Å². The van der Waals surface area contributed by atoms with Crippen LogP contribution in [0.15, 0.2) is 54.7 Å². The van der Waals surface area contributed by atoms with E-state index < -0.39 is 0 Å². The lowest BCUT2D eigenvalue weighted by molar-refractivity contribution is -0.147. The highest BCUT2D eigenvalue weighted by atomic mass is 16.5. The van der Waals surface area contributed by atoms with Gasteiger partial charge in [-0.1, -0.05) is 44.2 Å². The number of aromatic nitrogens is 1. The molecule has 0 aliphatic rings. The summed E-state index contributed by atoms with van der Waals surface area (Å²) in [5, 5.41) is 3.92. The molecular formula is C23H26N2O3. The van der Waals surface area contributed by atoms with Gasteiger partial charge >= 0.3 is 5.97 Å². The Hall–Kier alpha value is -3.08. The molecule has 2 aromatic carbocycles. The Morgan fingerprint density at radius 3 is 2.57 bits per heavy atom. The van der Waals surface area contributed by atoms with E-state index in [0.29, 0.717) is 18.0 Å². The number of ether oxygens (including phenoxy) is 1. The Kier molecular flexibility index (Phi) is 6.48. The Morgan fingerprint density at radius 1 is 1.07 bits per heavy atom. The SMILES string of the molecule is CC(C)c1ccc(NC(=O)COC(=O)CCCc2c[nH]c3ccccc23)cc1. The quantitative estimate of drug-likeness (QED) is 0.553. The summed E-state index contributed by atoms with van der Waals surface area (Å²) in [7, 11) is 0. The van der Waals surface area contributed by atoms with Crippen LogP contribution in [0.1, 0.15) is 43.7 Å². The topological polar surface area (TPSA) is 71.2 Å². The van der Waals surface area contributed by atoms with Gasteiger partial charge in [0.15, 0.2) is 6.61 Å². The van der Waals surface area contributed by atoms with Gasteiger partial charge in [0.2, 0.25) is 0 Å². The molecule has 28 heavy (non-hydrogen) atoms. The third kappa shape index (κ3) is 5.22. The molecule has 1 heterocycles. The van der Waals surface area contributed by atoms with E-state index in [9.17, 15) is 9.59 Å². The van der Waals surface area contributed by atoms with Crippen LogP contribution in [0.2, 0.25) is 0 Å². The number of H-pyrrole nitrogens is 1. The molecule has 146 valence electrons. The molecule has 3 rings (SSSR count). The number of para-hydroxylation sites is 1. The molecule has 0 saturated heterocycles. The summed E-state index contributed by atoms with van der Waals surface area (Å²) in [6.45, 7) is 3.97. The van der Waals surface area contributed by atoms with E-state index in [2.05, 4.69) is 30.2 Å². The minimum atomic E-state index is -0.356. The number of aryl methyl sites for hydroxylation is 1. The molecule has 0 aliphatic heterocycles. The zero-order valence-corrected chi connectivity index (χ0v) is 16.3. The van der Waals surface area contributed by atoms with Crippen LogP contribution >= 0.6 is 0 Å². The van der Waals surface area contributed by atoms with Crippen molar-refractivity contribution in [1.29, 1.82) is 0 Å². The maximum absolute atomic E-state index is 12.0. The second kappa shape index (κ2) is 9.22. The van der Waals surface area contributed by atoms with E-state index in [1.54, 1.807) is 0 Å². The molecule has 1 amide bonds. The molecule has 0 unspecified atom stereocenters. The lowest BCUT2D eigenvalue weighted by atomic mass is 10.0. The number of aromatic amines is 1. The van der Waals surface area contributed by atoms with Crippen LogP contribution < -0.4 is 5.32 Å². The molecule has 0 aliphatic carbocycles. The molecule has 0 fully saturated rings. The first-order chi connectivity index (χ1) is 13.5. The summed E-state index contributed by atoms with van der Waals surface area (Å²) in [6, 6.07) is 15.8. The van der Waals surface area contributed by atoms with E-state index in [4.69, 9.17) is 4.74 Å². The normalized spacial score (nSPS) is 11.0. The number of anilines is 1. The predicted molar refractivity (Wildman–Crippen MR) is 111 cm³/mol. The maximum Gasteiger partial charge on any atom is 0.306 e. The van der Waals surface area contributed by atoms with Crippen LogP contribution in [0, 0.1) is 0 Å². The van der Waals surface area contributed by atoms with E-state index in [1.165, 1.54) is 16.5 Å². The molecule has 0 spiro atoms. The first-order valence-electron chi connectivity index (χ1n) is 9.63. The van der Waals surface area contributed by atoms with Gasteiger partial charge in [-0.15, -0.1) is 0 Å². The maximum atomic E-state index is 12.0. The Morgan fingerprint density at radius 2 is 1.82 bits per heavy atom. The summed E-state index contributed by atoms with van der Waals surface area (Å²) in [4.78, 5) is 27.1. The Labute approximate surface area is 165 Å². The fraction of sp³-hybridized carbons (Fsp3) is 0.304. The lowest BCUT2D eigenvalue weighted by Crippen LogP contribution is -2.20. The summed E-state index contributed by atoms with van der Waals surface area (Å²) >= 11 is 0. The van der Waals surface area contributed by atoms with Crippen LogP contribution in [0.3, 0.4) is 0 Å². The van der Waals surface area contributed by atoms with Gasteiger partial charge in [0.05, 0.1) is 0 Å². The summed E-state index contributed by atoms with van der Waals surface area (Å²) < 4.78 is 5.09. The fourth-order valence-electron chi connectivity index (χ4n) is 3.13. The molecule has 0 bridgehead atoms. The summed E-state index contributed by atoms with van der Waals surface area (Å²) in [5.74, 6) is -0.248. The average molecular weight is 378 g/mol. The number of amides is 1. The van der Waals surface area contributed by atoms with Gasteiger partial charge in [-0.2, -0.15) is 0 Å². The first kappa shape index (κ1) is 19.7. The van der Waals surface area contributed by atoms with Gasteiger partial charge < -0.3 is 15.0 Å². The van der Waals surface area contributed by atoms with E-state index >= 15 is 0 Å². The Balaban J connectivity index is 1.38. The summed E-state index contributed by atoms with van der Waals surface area (Å²) in [6.07, 6.45) is 3.73. The van der Waals surface area contributed by atoms with Crippen molar-refractivity contribution in [3.8, 4) is 0 Å². The lowest BCUT2D eigenvalue weighted by Gasteiger charge is -2.09. The van der Waals surface area contributed by atoms with Crippen LogP contribution in [0.5, 0.6) is 0 Å². The van der Waals surface area contributed by atoms with Crippen LogP contribution in [0.25, 0.3) is 10.9 Å². The van der Waals surface area contributed by atoms with Crippen molar-refractivity contribution in [2.75, 3.05) is 11.9 Å². The van der Waals surface area contributed by atoms with Gasteiger partial charge in [-0.05, 0) is 48.1 Å². The van der Waals surface area contributed by atoms with Gasteiger partial charge in [-0.3, -0.25) is 9.59 Å². The predicted octanol–water partition coefficient (Wildman–Crippen LogP) is 4.80. The smallest absolute Gasteiger partial charge is 0.306 e. The molecule has 0 atom stereocenters. The molecule has 3 aromatic rings. The number of nitrogens with one attached hydrogen (secondary N) is 2. The molecule has 2 N–H and O–H groups in total. The highest BCUT2D eigenvalue weighted by Gasteiger charge is 2.09. The van der Waals surface area contributed by atoms with Gasteiger partial charge in [-0.25, -0.2) is 0 Å². The van der Waals surface area contributed by atoms with Crippen molar-refractivity contribution in [3.63, 3.8) is 0 Å². The number of carbonyl (C=O) groups is 2. The number of esters is 1. The molecule has 0 radical (unpaired) electrons. The number of rotatable bonds is 8. The van der Waals surface area contributed by atoms with Crippen LogP contribution in [-0.2, 0) is 20.7 Å². The first-order valence-corrected chi connectivity index (χ1v) is 9.63. The van der Waals surface area contributed by atoms with Crippen molar-refractivity contribution < 1.29 is 14.3 Å². The monoisotopic (exact) mass is 378 g/mol. The highest BCUT2D eigenvalue weighted by molar-refractivity contribution is 5.92. The molecule has 1 aromatic heterocycles. The average Bonchev–Trinajstić information content (AvgIpc) is 3.10. The van der Waals surface area contributed by atoms with Gasteiger partial charge in [0, 0.05) is 29.2 Å². The van der Waals surface area contributed by atoms with Crippen molar-refractivity contribution in [3.05, 3.63) is 65.9 Å². The molecule has 5 heteroatoms. The fourth-order valence-corrected chi connectivity index (χ4v) is 3.13. The second-order valence-corrected chi connectivity index (χ2v) is 7.20. The van der Waals surface area contributed by atoms with E-state index in [0.717, 1.165) is 11.9 Å². The Bertz CT molecular complexity index is 942. The molecule has 0 saturated carbocycles. The minimum absolute atomic E-state index is 0.266. The molecule has 5 nitrogen and oxygen atoms in total. The molecular weight excluding hydrogens is 352 g/mol. The number of hydrogen-bond donors (Lipinski definition) is 2. The number of carbonyl (C=O) groups excluding carboxylic acids is 2. The number of hydrogen-bond acceptors (Lipinski definition) is 3. The zero-order valence-electron chi connectivity index (χ0n) is 16.3. The standard InChI is InChI=1S/C23H26N2O3/c1-16(2)17-10-12-19(13-11-17)25-22(26)15-28-23(27)9-5-6-18-14-24-21-8-4-3-7-20(18)21/h3-4,7-8,10-14,16,24H,5-6,9,15H2,1-2H3,(H,25,26). The van der Waals surface area contributed by atoms with Gasteiger partial charge in [0.1, 0.15) is 0 Å². The third-order valence-electron chi connectivity index (χ3n) is 4.73. The van der Waals surface area contributed by atoms with Crippen LogP contribution in [-0.4, -0.2) is 23.5 Å². The van der Waals surface area contributed by atoms with Crippen molar-refractivity contribution in [2.24, 2.45) is 0 Å². The third-order valence-corrected chi connectivity index (χ3v) is 4.73. The zero-order chi connectivity index (χ0) is 19.9. The number of fused-ring (bicyclic) bond motifs is 1. The van der Waals surface area contributed by atoms with E-state index in [1.807, 2.05) is 48.7 Å². The number of benzene rings is 2. The van der Waals surface area contributed by atoms with Crippen molar-refractivity contribution in [1.82, 2.24) is 4.98 Å². The van der Waals surface area contributed by atoms with Crippen molar-refractivity contribution >= 4 is 28.5 Å². The van der Waals surface area contributed by atoms with E-state index in [-0.39, 0.29) is 24.9 Å². The highest BCUT2D eigenvalue weighted by Crippen LogP contribution is 2.19. The summed E-state index contributed by atoms with van der Waals surface area (Å²) in [5.41, 5.74) is 4.19. The largest absolute Gasteiger partial charge is 0.456 e.